The molecule has 0 atom stereocenters. The van der Waals surface area contributed by atoms with Crippen LogP contribution in [-0.4, -0.2) is 74.5 Å². The molecule has 1 fully saturated rings. The lowest BCUT2D eigenvalue weighted by molar-refractivity contribution is 0.0683. The molecule has 11 heteroatoms. The van der Waals surface area contributed by atoms with Gasteiger partial charge in [0.25, 0.3) is 0 Å². The number of rotatable bonds is 10. The van der Waals surface area contributed by atoms with Crippen LogP contribution in [0.2, 0.25) is 5.02 Å². The fourth-order valence-electron chi connectivity index (χ4n) is 6.43. The van der Waals surface area contributed by atoms with Crippen molar-refractivity contribution in [3.8, 4) is 16.9 Å². The van der Waals surface area contributed by atoms with Gasteiger partial charge < -0.3 is 19.7 Å². The van der Waals surface area contributed by atoms with Gasteiger partial charge in [-0.15, -0.1) is 0 Å². The lowest BCUT2D eigenvalue weighted by Crippen LogP contribution is -2.44. The minimum atomic E-state index is -0.987. The second-order valence-electron chi connectivity index (χ2n) is 11.2. The van der Waals surface area contributed by atoms with Crippen molar-refractivity contribution in [3.63, 3.8) is 0 Å². The van der Waals surface area contributed by atoms with E-state index in [1.165, 1.54) is 12.1 Å². The average molecular weight is 627 g/mol. The summed E-state index contributed by atoms with van der Waals surface area (Å²) in [6.45, 7) is 5.16. The third kappa shape index (κ3) is 5.61. The Kier molecular flexibility index (Phi) is 8.10. The average Bonchev–Trinajstić information content (AvgIpc) is 3.61. The first-order valence-corrected chi connectivity index (χ1v) is 15.5. The van der Waals surface area contributed by atoms with Crippen molar-refractivity contribution in [3.05, 3.63) is 95.3 Å². The van der Waals surface area contributed by atoms with Gasteiger partial charge in [-0.3, -0.25) is 4.90 Å². The standard InChI is InChI=1S/C34H32ClFN6O3/c35-28-10-9-26-25(5-2-19-45-29-6-1-4-22-20-23(36)7-8-24(22)29)32(34(43)44)41(18-17-40-15-12-37-13-16-40)31(26)30(28)27-21-39-42-14-3-11-38-33(27)42/h1,3-4,6-11,14,20-21,37H,2,5,12-13,15-19H2,(H,43,44). The molecule has 4 heterocycles. The highest BCUT2D eigenvalue weighted by molar-refractivity contribution is 6.35. The molecule has 7 rings (SSSR count). The van der Waals surface area contributed by atoms with Crippen LogP contribution in [0.3, 0.4) is 0 Å². The molecule has 0 bridgehead atoms. The highest BCUT2D eigenvalue weighted by Gasteiger charge is 2.27. The smallest absolute Gasteiger partial charge is 0.352 e. The number of carboxylic acid groups (broad SMARTS) is 1. The Hall–Kier alpha value is -4.51. The van der Waals surface area contributed by atoms with Crippen molar-refractivity contribution in [2.45, 2.75) is 19.4 Å². The number of fused-ring (bicyclic) bond motifs is 3. The van der Waals surface area contributed by atoms with E-state index >= 15 is 0 Å². The number of benzene rings is 3. The molecule has 3 aromatic heterocycles. The van der Waals surface area contributed by atoms with Crippen molar-refractivity contribution in [1.29, 1.82) is 0 Å². The lowest BCUT2D eigenvalue weighted by Gasteiger charge is -2.27. The number of piperazine rings is 1. The van der Waals surface area contributed by atoms with E-state index in [2.05, 4.69) is 20.3 Å². The van der Waals surface area contributed by atoms with Crippen molar-refractivity contribution >= 4 is 44.9 Å². The molecule has 230 valence electrons. The zero-order valence-corrected chi connectivity index (χ0v) is 25.3. The summed E-state index contributed by atoms with van der Waals surface area (Å²) in [5.74, 6) is -0.619. The number of hydrogen-bond acceptors (Lipinski definition) is 6. The summed E-state index contributed by atoms with van der Waals surface area (Å²) in [4.78, 5) is 19.9. The molecule has 45 heavy (non-hydrogen) atoms. The molecule has 0 spiro atoms. The van der Waals surface area contributed by atoms with Gasteiger partial charge in [0.2, 0.25) is 0 Å². The highest BCUT2D eigenvalue weighted by Crippen LogP contribution is 2.41. The van der Waals surface area contributed by atoms with Gasteiger partial charge in [-0.1, -0.05) is 29.8 Å². The zero-order valence-electron chi connectivity index (χ0n) is 24.5. The van der Waals surface area contributed by atoms with Crippen molar-refractivity contribution in [2.75, 3.05) is 39.3 Å². The first kappa shape index (κ1) is 29.2. The molecule has 1 aliphatic rings. The monoisotopic (exact) mass is 626 g/mol. The summed E-state index contributed by atoms with van der Waals surface area (Å²) in [5.41, 5.74) is 3.87. The molecule has 1 aliphatic heterocycles. The molecule has 2 N–H and O–H groups in total. The fraction of sp³-hybridized carbons (Fsp3) is 0.265. The Bertz CT molecular complexity index is 2030. The number of aromatic nitrogens is 4. The first-order chi connectivity index (χ1) is 22.0. The third-order valence-electron chi connectivity index (χ3n) is 8.51. The molecule has 0 aliphatic carbocycles. The number of carbonyl (C=O) groups is 1. The summed E-state index contributed by atoms with van der Waals surface area (Å²) >= 11 is 6.92. The number of aryl methyl sites for hydroxylation is 1. The molecular formula is C34H32ClFN6O3. The van der Waals surface area contributed by atoms with Gasteiger partial charge in [0.15, 0.2) is 5.65 Å². The van der Waals surface area contributed by atoms with Gasteiger partial charge in [-0.2, -0.15) is 5.10 Å². The van der Waals surface area contributed by atoms with Crippen LogP contribution in [0.15, 0.2) is 73.2 Å². The Balaban J connectivity index is 1.27. The van der Waals surface area contributed by atoms with Crippen molar-refractivity contribution in [1.82, 2.24) is 29.4 Å². The normalized spacial score (nSPS) is 14.1. The highest BCUT2D eigenvalue weighted by atomic mass is 35.5. The number of halogens is 2. The number of nitrogens with one attached hydrogen (secondary N) is 1. The maximum Gasteiger partial charge on any atom is 0.352 e. The summed E-state index contributed by atoms with van der Waals surface area (Å²) < 4.78 is 23.5. The predicted molar refractivity (Wildman–Crippen MR) is 173 cm³/mol. The Morgan fingerprint density at radius 3 is 2.76 bits per heavy atom. The van der Waals surface area contributed by atoms with Crippen molar-refractivity contribution in [2.24, 2.45) is 0 Å². The van der Waals surface area contributed by atoms with Crippen LogP contribution in [0.1, 0.15) is 22.5 Å². The van der Waals surface area contributed by atoms with E-state index < -0.39 is 5.97 Å². The van der Waals surface area contributed by atoms with Crippen LogP contribution in [0.25, 0.3) is 38.4 Å². The third-order valence-corrected chi connectivity index (χ3v) is 8.82. The van der Waals surface area contributed by atoms with Crippen LogP contribution in [0, 0.1) is 5.82 Å². The maximum atomic E-state index is 13.8. The maximum absolute atomic E-state index is 13.8. The van der Waals surface area contributed by atoms with Gasteiger partial charge in [0.1, 0.15) is 17.3 Å². The van der Waals surface area contributed by atoms with E-state index in [4.69, 9.17) is 16.3 Å². The van der Waals surface area contributed by atoms with Gasteiger partial charge in [-0.25, -0.2) is 18.7 Å². The number of ether oxygens (including phenoxy) is 1. The minimum Gasteiger partial charge on any atom is -0.493 e. The molecule has 6 aromatic rings. The van der Waals surface area contributed by atoms with Crippen molar-refractivity contribution < 1.29 is 19.0 Å². The zero-order chi connectivity index (χ0) is 30.9. The Labute approximate surface area is 263 Å². The van der Waals surface area contributed by atoms with E-state index in [0.717, 1.165) is 64.5 Å². The predicted octanol–water partition coefficient (Wildman–Crippen LogP) is 5.91. The van der Waals surface area contributed by atoms with E-state index in [0.29, 0.717) is 49.0 Å². The molecular weight excluding hydrogens is 595 g/mol. The summed E-state index contributed by atoms with van der Waals surface area (Å²) in [6, 6.07) is 15.7. The number of carboxylic acids is 1. The Morgan fingerprint density at radius 1 is 1.07 bits per heavy atom. The summed E-state index contributed by atoms with van der Waals surface area (Å²) in [7, 11) is 0. The minimum absolute atomic E-state index is 0.258. The summed E-state index contributed by atoms with van der Waals surface area (Å²) in [5, 5.41) is 21.5. The van der Waals surface area contributed by atoms with Gasteiger partial charge >= 0.3 is 5.97 Å². The molecule has 1 saturated heterocycles. The molecule has 0 radical (unpaired) electrons. The molecule has 0 amide bonds. The lowest BCUT2D eigenvalue weighted by atomic mass is 10.0. The SMILES string of the molecule is O=C(O)c1c(CCCOc2cccc3cc(F)ccc23)c2ccc(Cl)c(-c3cnn4cccnc34)c2n1CCN1CCNCC1. The largest absolute Gasteiger partial charge is 0.493 e. The van der Waals surface area contributed by atoms with E-state index in [1.54, 1.807) is 29.0 Å². The number of aromatic carboxylic acids is 1. The summed E-state index contributed by atoms with van der Waals surface area (Å²) in [6.07, 6.45) is 6.32. The Morgan fingerprint density at radius 2 is 1.91 bits per heavy atom. The number of hydrogen-bond donors (Lipinski definition) is 2. The van der Waals surface area contributed by atoms with Gasteiger partial charge in [0, 0.05) is 68.0 Å². The first-order valence-electron chi connectivity index (χ1n) is 15.1. The van der Waals surface area contributed by atoms with E-state index in [-0.39, 0.29) is 11.5 Å². The van der Waals surface area contributed by atoms with Crippen LogP contribution < -0.4 is 10.1 Å². The molecule has 0 unspecified atom stereocenters. The molecule has 3 aromatic carbocycles. The quantitative estimate of drug-likeness (QED) is 0.183. The molecule has 0 saturated carbocycles. The van der Waals surface area contributed by atoms with E-state index in [9.17, 15) is 14.3 Å². The van der Waals surface area contributed by atoms with Crippen LogP contribution in [0.4, 0.5) is 4.39 Å². The molecule has 9 nitrogen and oxygen atoms in total. The van der Waals surface area contributed by atoms with Crippen LogP contribution >= 0.6 is 11.6 Å². The van der Waals surface area contributed by atoms with Crippen LogP contribution in [0.5, 0.6) is 5.75 Å². The van der Waals surface area contributed by atoms with Gasteiger partial charge in [-0.05, 0) is 60.2 Å². The van der Waals surface area contributed by atoms with Gasteiger partial charge in [0.05, 0.1) is 28.9 Å². The topological polar surface area (TPSA) is 96.9 Å². The fourth-order valence-corrected chi connectivity index (χ4v) is 6.69. The van der Waals surface area contributed by atoms with Crippen LogP contribution in [-0.2, 0) is 13.0 Å². The second-order valence-corrected chi connectivity index (χ2v) is 11.6. The number of nitrogens with zero attached hydrogens (tertiary/aromatic N) is 5. The van der Waals surface area contributed by atoms with E-state index in [1.807, 2.05) is 41.1 Å². The second kappa shape index (κ2) is 12.5.